The van der Waals surface area contributed by atoms with Crippen molar-refractivity contribution in [2.75, 3.05) is 0 Å². The van der Waals surface area contributed by atoms with Crippen LogP contribution in [0.2, 0.25) is 0 Å². The summed E-state index contributed by atoms with van der Waals surface area (Å²) in [6.07, 6.45) is 7.67. The molecule has 0 fully saturated rings. The zero-order chi connectivity index (χ0) is 12.6. The molecule has 18 heavy (non-hydrogen) atoms. The molecule has 0 spiro atoms. The van der Waals surface area contributed by atoms with Gasteiger partial charge in [0.05, 0.1) is 5.52 Å². The quantitative estimate of drug-likeness (QED) is 0.742. The molecule has 0 unspecified atom stereocenters. The SMILES string of the molecule is CCCc1ncc[nH]1.c1ccc2ncccc2c1. The molecular formula is C15H17N3. The Morgan fingerprint density at radius 3 is 2.56 bits per heavy atom. The van der Waals surface area contributed by atoms with Crippen LogP contribution in [0.4, 0.5) is 0 Å². The number of rotatable bonds is 2. The maximum Gasteiger partial charge on any atom is 0.105 e. The number of imidazole rings is 1. The number of para-hydroxylation sites is 1. The number of nitrogens with one attached hydrogen (secondary N) is 1. The molecule has 0 atom stereocenters. The predicted molar refractivity (Wildman–Crippen MR) is 74.3 cm³/mol. The summed E-state index contributed by atoms with van der Waals surface area (Å²) in [5.74, 6) is 1.09. The van der Waals surface area contributed by atoms with Gasteiger partial charge in [0.25, 0.3) is 0 Å². The van der Waals surface area contributed by atoms with Crippen LogP contribution in [0.1, 0.15) is 19.2 Å². The first-order chi connectivity index (χ1) is 8.90. The van der Waals surface area contributed by atoms with E-state index in [-0.39, 0.29) is 0 Å². The molecule has 0 saturated carbocycles. The van der Waals surface area contributed by atoms with Crippen LogP contribution < -0.4 is 0 Å². The van der Waals surface area contributed by atoms with Crippen molar-refractivity contribution >= 4 is 10.9 Å². The van der Waals surface area contributed by atoms with Gasteiger partial charge in [-0.25, -0.2) is 4.98 Å². The molecular weight excluding hydrogens is 222 g/mol. The number of nitrogens with zero attached hydrogens (tertiary/aromatic N) is 2. The average Bonchev–Trinajstić information content (AvgIpc) is 2.93. The van der Waals surface area contributed by atoms with Crippen LogP contribution in [-0.4, -0.2) is 15.0 Å². The van der Waals surface area contributed by atoms with Crippen molar-refractivity contribution < 1.29 is 0 Å². The number of aromatic nitrogens is 3. The highest BCUT2D eigenvalue weighted by Gasteiger charge is 1.87. The molecule has 2 aromatic heterocycles. The molecule has 0 bridgehead atoms. The van der Waals surface area contributed by atoms with E-state index in [0.717, 1.165) is 24.2 Å². The van der Waals surface area contributed by atoms with Gasteiger partial charge < -0.3 is 4.98 Å². The Hall–Kier alpha value is -2.16. The highest BCUT2D eigenvalue weighted by Crippen LogP contribution is 2.07. The van der Waals surface area contributed by atoms with Crippen LogP contribution in [0.25, 0.3) is 10.9 Å². The highest BCUT2D eigenvalue weighted by atomic mass is 14.9. The van der Waals surface area contributed by atoms with Crippen LogP contribution >= 0.6 is 0 Å². The van der Waals surface area contributed by atoms with Crippen molar-refractivity contribution in [2.45, 2.75) is 19.8 Å². The van der Waals surface area contributed by atoms with Crippen molar-refractivity contribution in [3.63, 3.8) is 0 Å². The lowest BCUT2D eigenvalue weighted by atomic mass is 10.2. The lowest BCUT2D eigenvalue weighted by Crippen LogP contribution is -1.83. The Balaban J connectivity index is 0.000000138. The summed E-state index contributed by atoms with van der Waals surface area (Å²) in [6, 6.07) is 12.1. The van der Waals surface area contributed by atoms with Gasteiger partial charge in [0.15, 0.2) is 0 Å². The van der Waals surface area contributed by atoms with E-state index in [4.69, 9.17) is 0 Å². The number of aromatic amines is 1. The van der Waals surface area contributed by atoms with E-state index in [0.29, 0.717) is 0 Å². The largest absolute Gasteiger partial charge is 0.349 e. The van der Waals surface area contributed by atoms with Gasteiger partial charge in [0.2, 0.25) is 0 Å². The first kappa shape index (κ1) is 12.3. The molecule has 3 rings (SSSR count). The Morgan fingerprint density at radius 2 is 1.83 bits per heavy atom. The second kappa shape index (κ2) is 6.55. The number of fused-ring (bicyclic) bond motifs is 1. The first-order valence-corrected chi connectivity index (χ1v) is 6.18. The molecule has 0 aliphatic heterocycles. The molecule has 92 valence electrons. The van der Waals surface area contributed by atoms with Gasteiger partial charge in [0, 0.05) is 30.4 Å². The Bertz CT molecular complexity index is 508. The predicted octanol–water partition coefficient (Wildman–Crippen LogP) is 3.60. The third-order valence-corrected chi connectivity index (χ3v) is 2.55. The number of pyridine rings is 1. The molecule has 3 nitrogen and oxygen atoms in total. The van der Waals surface area contributed by atoms with E-state index in [1.165, 1.54) is 5.39 Å². The Kier molecular flexibility index (Phi) is 4.47. The molecule has 3 heteroatoms. The van der Waals surface area contributed by atoms with E-state index in [1.807, 2.05) is 36.7 Å². The molecule has 3 aromatic rings. The van der Waals surface area contributed by atoms with E-state index in [9.17, 15) is 0 Å². The number of benzene rings is 1. The minimum Gasteiger partial charge on any atom is -0.349 e. The minimum absolute atomic E-state index is 1.06. The van der Waals surface area contributed by atoms with Crippen LogP contribution in [0.15, 0.2) is 55.0 Å². The zero-order valence-electron chi connectivity index (χ0n) is 10.5. The molecule has 2 heterocycles. The Labute approximate surface area is 107 Å². The molecule has 0 radical (unpaired) electrons. The number of hydrogen-bond donors (Lipinski definition) is 1. The lowest BCUT2D eigenvalue weighted by Gasteiger charge is -1.91. The first-order valence-electron chi connectivity index (χ1n) is 6.18. The van der Waals surface area contributed by atoms with E-state index >= 15 is 0 Å². The van der Waals surface area contributed by atoms with Gasteiger partial charge in [-0.05, 0) is 18.6 Å². The maximum atomic E-state index is 4.18. The third-order valence-electron chi connectivity index (χ3n) is 2.55. The summed E-state index contributed by atoms with van der Waals surface area (Å²) in [7, 11) is 0. The summed E-state index contributed by atoms with van der Waals surface area (Å²) >= 11 is 0. The third kappa shape index (κ3) is 3.42. The van der Waals surface area contributed by atoms with Crippen molar-refractivity contribution in [2.24, 2.45) is 0 Å². The van der Waals surface area contributed by atoms with Crippen molar-refractivity contribution in [1.82, 2.24) is 15.0 Å². The van der Waals surface area contributed by atoms with Gasteiger partial charge in [-0.3, -0.25) is 4.98 Å². The fourth-order valence-corrected chi connectivity index (χ4v) is 1.69. The van der Waals surface area contributed by atoms with E-state index in [1.54, 1.807) is 6.20 Å². The molecule has 1 N–H and O–H groups in total. The zero-order valence-corrected chi connectivity index (χ0v) is 10.5. The van der Waals surface area contributed by atoms with Crippen molar-refractivity contribution in [3.8, 4) is 0 Å². The fourth-order valence-electron chi connectivity index (χ4n) is 1.69. The number of H-pyrrole nitrogens is 1. The highest BCUT2D eigenvalue weighted by molar-refractivity contribution is 5.77. The summed E-state index contributed by atoms with van der Waals surface area (Å²) in [5.41, 5.74) is 1.06. The smallest absolute Gasteiger partial charge is 0.105 e. The minimum atomic E-state index is 1.06. The molecule has 0 aliphatic carbocycles. The molecule has 0 aliphatic rings. The topological polar surface area (TPSA) is 41.6 Å². The van der Waals surface area contributed by atoms with Crippen LogP contribution in [-0.2, 0) is 6.42 Å². The van der Waals surface area contributed by atoms with Gasteiger partial charge in [-0.15, -0.1) is 0 Å². The van der Waals surface area contributed by atoms with Gasteiger partial charge in [-0.2, -0.15) is 0 Å². The molecule has 1 aromatic carbocycles. The van der Waals surface area contributed by atoms with Gasteiger partial charge in [0.1, 0.15) is 5.82 Å². The van der Waals surface area contributed by atoms with Crippen molar-refractivity contribution in [3.05, 3.63) is 60.8 Å². The number of aryl methyl sites for hydroxylation is 1. The van der Waals surface area contributed by atoms with E-state index in [2.05, 4.69) is 34.0 Å². The van der Waals surface area contributed by atoms with Crippen LogP contribution in [0.3, 0.4) is 0 Å². The lowest BCUT2D eigenvalue weighted by molar-refractivity contribution is 0.856. The summed E-state index contributed by atoms with van der Waals surface area (Å²) in [4.78, 5) is 11.3. The monoisotopic (exact) mass is 239 g/mol. The normalized spacial score (nSPS) is 9.83. The second-order valence-electron chi connectivity index (χ2n) is 3.98. The van der Waals surface area contributed by atoms with Crippen LogP contribution in [0.5, 0.6) is 0 Å². The second-order valence-corrected chi connectivity index (χ2v) is 3.98. The molecule has 0 amide bonds. The van der Waals surface area contributed by atoms with Gasteiger partial charge in [-0.1, -0.05) is 31.2 Å². The van der Waals surface area contributed by atoms with Gasteiger partial charge >= 0.3 is 0 Å². The maximum absolute atomic E-state index is 4.18. The standard InChI is InChI=1S/C9H7N.C6H10N2/c1-2-6-9-8(4-1)5-3-7-10-9;1-2-3-6-7-4-5-8-6/h1-7H;4-5H,2-3H2,1H3,(H,7,8). The summed E-state index contributed by atoms with van der Waals surface area (Å²) in [6.45, 7) is 2.14. The van der Waals surface area contributed by atoms with Crippen LogP contribution in [0, 0.1) is 0 Å². The fraction of sp³-hybridized carbons (Fsp3) is 0.200. The molecule has 0 saturated heterocycles. The van der Waals surface area contributed by atoms with Crippen molar-refractivity contribution in [1.29, 1.82) is 0 Å². The van der Waals surface area contributed by atoms with E-state index < -0.39 is 0 Å². The summed E-state index contributed by atoms with van der Waals surface area (Å²) in [5, 5.41) is 1.20. The Morgan fingerprint density at radius 1 is 1.00 bits per heavy atom. The summed E-state index contributed by atoms with van der Waals surface area (Å²) < 4.78 is 0. The average molecular weight is 239 g/mol. The number of hydrogen-bond acceptors (Lipinski definition) is 2.